The average Bonchev–Trinajstić information content (AvgIpc) is 2.62. The lowest BCUT2D eigenvalue weighted by atomic mass is 10.3. The number of aromatic hydroxyl groups is 2. The Kier molecular flexibility index (Phi) is 5.16. The van der Waals surface area contributed by atoms with Gasteiger partial charge in [-0.1, -0.05) is 6.07 Å². The molecule has 0 fully saturated rings. The summed E-state index contributed by atoms with van der Waals surface area (Å²) in [5, 5.41) is 18.5. The number of hydrogen-bond donors (Lipinski definition) is 4. The highest BCUT2D eigenvalue weighted by atomic mass is 32.2. The van der Waals surface area contributed by atoms with E-state index in [0.717, 1.165) is 0 Å². The molecule has 0 unspecified atom stereocenters. The molecular weight excluding hydrogens is 404 g/mol. The fourth-order valence-corrected chi connectivity index (χ4v) is 4.42. The first-order chi connectivity index (χ1) is 13.2. The summed E-state index contributed by atoms with van der Waals surface area (Å²) >= 11 is 0. The zero-order valence-electron chi connectivity index (χ0n) is 14.3. The molecule has 0 saturated carbocycles. The Balaban J connectivity index is 1.82. The lowest BCUT2D eigenvalue weighted by Gasteiger charge is -2.11. The Bertz CT molecular complexity index is 1100. The molecular formula is C18H16N2O6S2. The van der Waals surface area contributed by atoms with E-state index in [1.165, 1.54) is 72.8 Å². The van der Waals surface area contributed by atoms with Gasteiger partial charge in [-0.05, 0) is 66.7 Å². The third kappa shape index (κ3) is 4.53. The molecule has 146 valence electrons. The number of rotatable bonds is 6. The fraction of sp³-hybridized carbons (Fsp3) is 0. The van der Waals surface area contributed by atoms with Crippen molar-refractivity contribution in [2.24, 2.45) is 0 Å². The molecule has 4 N–H and O–H groups in total. The van der Waals surface area contributed by atoms with Crippen LogP contribution in [-0.4, -0.2) is 27.0 Å². The van der Waals surface area contributed by atoms with Crippen molar-refractivity contribution < 1.29 is 27.0 Å². The van der Waals surface area contributed by atoms with Crippen LogP contribution in [0.5, 0.6) is 11.5 Å². The molecule has 0 heterocycles. The van der Waals surface area contributed by atoms with E-state index in [-0.39, 0.29) is 32.7 Å². The predicted octanol–water partition coefficient (Wildman–Crippen LogP) is 2.70. The summed E-state index contributed by atoms with van der Waals surface area (Å²) in [5.41, 5.74) is 0.304. The van der Waals surface area contributed by atoms with Gasteiger partial charge in [0.1, 0.15) is 11.5 Å². The molecule has 0 aliphatic rings. The SMILES string of the molecule is O=S(=O)(Nc1cccc(NS(=O)(=O)c2ccc(O)cc2)c1)c1ccc(O)cc1. The molecule has 3 rings (SSSR count). The Morgan fingerprint density at radius 3 is 1.29 bits per heavy atom. The molecule has 0 atom stereocenters. The molecule has 0 bridgehead atoms. The van der Waals surface area contributed by atoms with Crippen LogP contribution in [0.15, 0.2) is 82.6 Å². The zero-order valence-corrected chi connectivity index (χ0v) is 15.9. The van der Waals surface area contributed by atoms with Crippen molar-refractivity contribution in [3.63, 3.8) is 0 Å². The Morgan fingerprint density at radius 2 is 0.929 bits per heavy atom. The van der Waals surface area contributed by atoms with Gasteiger partial charge < -0.3 is 10.2 Å². The highest BCUT2D eigenvalue weighted by Gasteiger charge is 2.17. The van der Waals surface area contributed by atoms with Crippen LogP contribution in [0.25, 0.3) is 0 Å². The molecule has 28 heavy (non-hydrogen) atoms. The van der Waals surface area contributed by atoms with Crippen LogP contribution in [0.1, 0.15) is 0 Å². The zero-order chi connectivity index (χ0) is 20.4. The molecule has 3 aromatic carbocycles. The van der Waals surface area contributed by atoms with Crippen molar-refractivity contribution in [2.75, 3.05) is 9.44 Å². The minimum absolute atomic E-state index is 0.0552. The summed E-state index contributed by atoms with van der Waals surface area (Å²) in [6.07, 6.45) is 0. The van der Waals surface area contributed by atoms with Crippen LogP contribution in [-0.2, 0) is 20.0 Å². The quantitative estimate of drug-likeness (QED) is 0.485. The normalized spacial score (nSPS) is 11.7. The van der Waals surface area contributed by atoms with Crippen molar-refractivity contribution in [3.8, 4) is 11.5 Å². The lowest BCUT2D eigenvalue weighted by Crippen LogP contribution is -2.14. The first-order valence-electron chi connectivity index (χ1n) is 7.89. The molecule has 0 aliphatic heterocycles. The predicted molar refractivity (Wildman–Crippen MR) is 104 cm³/mol. The maximum absolute atomic E-state index is 12.4. The summed E-state index contributed by atoms with van der Waals surface area (Å²) in [7, 11) is -7.83. The van der Waals surface area contributed by atoms with Crippen LogP contribution in [0, 0.1) is 0 Å². The van der Waals surface area contributed by atoms with E-state index in [9.17, 15) is 27.0 Å². The fourth-order valence-electron chi connectivity index (χ4n) is 2.32. The third-order valence-corrected chi connectivity index (χ3v) is 6.46. The van der Waals surface area contributed by atoms with Gasteiger partial charge in [0.25, 0.3) is 20.0 Å². The molecule has 10 heteroatoms. The molecule has 0 spiro atoms. The van der Waals surface area contributed by atoms with E-state index < -0.39 is 20.0 Å². The van der Waals surface area contributed by atoms with Crippen LogP contribution < -0.4 is 9.44 Å². The Morgan fingerprint density at radius 1 is 0.571 bits per heavy atom. The molecule has 8 nitrogen and oxygen atoms in total. The monoisotopic (exact) mass is 420 g/mol. The molecule has 0 aliphatic carbocycles. The second-order valence-electron chi connectivity index (χ2n) is 5.78. The summed E-state index contributed by atoms with van der Waals surface area (Å²) in [6.45, 7) is 0. The first kappa shape index (κ1) is 19.5. The van der Waals surface area contributed by atoms with Crippen molar-refractivity contribution in [1.29, 1.82) is 0 Å². The molecule has 0 aromatic heterocycles. The van der Waals surface area contributed by atoms with Gasteiger partial charge in [-0.3, -0.25) is 9.44 Å². The van der Waals surface area contributed by atoms with Crippen LogP contribution in [0.3, 0.4) is 0 Å². The highest BCUT2D eigenvalue weighted by molar-refractivity contribution is 7.93. The molecule has 3 aromatic rings. The van der Waals surface area contributed by atoms with Gasteiger partial charge in [0.15, 0.2) is 0 Å². The van der Waals surface area contributed by atoms with Gasteiger partial charge in [-0.25, -0.2) is 16.8 Å². The van der Waals surface area contributed by atoms with Gasteiger partial charge in [0.2, 0.25) is 0 Å². The summed E-state index contributed by atoms with van der Waals surface area (Å²) in [4.78, 5) is -0.110. The van der Waals surface area contributed by atoms with Crippen LogP contribution in [0.4, 0.5) is 11.4 Å². The van der Waals surface area contributed by atoms with E-state index in [1.807, 2.05) is 0 Å². The van der Waals surface area contributed by atoms with E-state index >= 15 is 0 Å². The standard InChI is InChI=1S/C18H16N2O6S2/c21-15-4-8-17(9-5-15)27(23,24)19-13-2-1-3-14(12-13)20-28(25,26)18-10-6-16(22)7-11-18/h1-12,19-22H. The van der Waals surface area contributed by atoms with Crippen LogP contribution >= 0.6 is 0 Å². The number of hydrogen-bond acceptors (Lipinski definition) is 6. The number of anilines is 2. The summed E-state index contributed by atoms with van der Waals surface area (Å²) < 4.78 is 54.3. The Labute approximate surface area is 162 Å². The number of phenolic OH excluding ortho intramolecular Hbond substituents is 2. The first-order valence-corrected chi connectivity index (χ1v) is 10.9. The Hall–Kier alpha value is -3.24. The smallest absolute Gasteiger partial charge is 0.261 e. The topological polar surface area (TPSA) is 133 Å². The highest BCUT2D eigenvalue weighted by Crippen LogP contribution is 2.23. The molecule has 0 amide bonds. The maximum atomic E-state index is 12.4. The average molecular weight is 420 g/mol. The van der Waals surface area contributed by atoms with Gasteiger partial charge in [-0.15, -0.1) is 0 Å². The number of benzene rings is 3. The number of nitrogens with one attached hydrogen (secondary N) is 2. The second-order valence-corrected chi connectivity index (χ2v) is 9.14. The number of sulfonamides is 2. The van der Waals surface area contributed by atoms with Crippen molar-refractivity contribution >= 4 is 31.4 Å². The summed E-state index contributed by atoms with van der Waals surface area (Å²) in [6, 6.07) is 15.7. The van der Waals surface area contributed by atoms with Gasteiger partial charge in [0.05, 0.1) is 21.2 Å². The minimum atomic E-state index is -3.91. The van der Waals surface area contributed by atoms with Crippen molar-refractivity contribution in [1.82, 2.24) is 0 Å². The molecule has 0 radical (unpaired) electrons. The van der Waals surface area contributed by atoms with Gasteiger partial charge >= 0.3 is 0 Å². The maximum Gasteiger partial charge on any atom is 0.261 e. The lowest BCUT2D eigenvalue weighted by molar-refractivity contribution is 0.474. The van der Waals surface area contributed by atoms with E-state index in [2.05, 4.69) is 9.44 Å². The van der Waals surface area contributed by atoms with Crippen LogP contribution in [0.2, 0.25) is 0 Å². The largest absolute Gasteiger partial charge is 0.508 e. The van der Waals surface area contributed by atoms with Gasteiger partial charge in [0, 0.05) is 0 Å². The molecule has 0 saturated heterocycles. The summed E-state index contributed by atoms with van der Waals surface area (Å²) in [5.74, 6) is -0.130. The van der Waals surface area contributed by atoms with Crippen molar-refractivity contribution in [3.05, 3.63) is 72.8 Å². The van der Waals surface area contributed by atoms with E-state index in [4.69, 9.17) is 0 Å². The van der Waals surface area contributed by atoms with E-state index in [1.54, 1.807) is 0 Å². The van der Waals surface area contributed by atoms with Crippen molar-refractivity contribution in [2.45, 2.75) is 9.79 Å². The third-order valence-electron chi connectivity index (χ3n) is 3.66. The van der Waals surface area contributed by atoms with Gasteiger partial charge in [-0.2, -0.15) is 0 Å². The van der Waals surface area contributed by atoms with E-state index in [0.29, 0.717) is 0 Å². The second kappa shape index (κ2) is 7.41. The number of phenols is 2. The minimum Gasteiger partial charge on any atom is -0.508 e.